The third-order valence-corrected chi connectivity index (χ3v) is 4.55. The smallest absolute Gasteiger partial charge is 0.0235 e. The quantitative estimate of drug-likeness (QED) is 0.615. The van der Waals surface area contributed by atoms with E-state index in [9.17, 15) is 0 Å². The standard InChI is InChI=1S/C16H35N3/c1-5-11-17-12-8-9-15(4)19-13-10-16(14-19)18(6-2)7-3/h15-17H,5-14H2,1-4H3. The number of nitrogens with zero attached hydrogens (tertiary/aromatic N) is 2. The van der Waals surface area contributed by atoms with Crippen molar-refractivity contribution in [3.63, 3.8) is 0 Å². The van der Waals surface area contributed by atoms with Crippen LogP contribution in [0.5, 0.6) is 0 Å². The zero-order chi connectivity index (χ0) is 14.1. The van der Waals surface area contributed by atoms with Gasteiger partial charge in [0.25, 0.3) is 0 Å². The zero-order valence-corrected chi connectivity index (χ0v) is 13.6. The highest BCUT2D eigenvalue weighted by Gasteiger charge is 2.28. The van der Waals surface area contributed by atoms with Crippen LogP contribution in [0.25, 0.3) is 0 Å². The predicted octanol–water partition coefficient (Wildman–Crippen LogP) is 2.57. The van der Waals surface area contributed by atoms with Gasteiger partial charge in [0.1, 0.15) is 0 Å². The Bertz CT molecular complexity index is 216. The highest BCUT2D eigenvalue weighted by Crippen LogP contribution is 2.19. The third-order valence-electron chi connectivity index (χ3n) is 4.55. The van der Waals surface area contributed by atoms with Gasteiger partial charge < -0.3 is 5.32 Å². The Kier molecular flexibility index (Phi) is 8.67. The number of likely N-dealkylation sites (N-methyl/N-ethyl adjacent to an activating group) is 1. The molecule has 0 aromatic rings. The molecule has 0 spiro atoms. The molecule has 1 N–H and O–H groups in total. The fraction of sp³-hybridized carbons (Fsp3) is 1.00. The molecule has 0 amide bonds. The zero-order valence-electron chi connectivity index (χ0n) is 13.6. The van der Waals surface area contributed by atoms with E-state index in [4.69, 9.17) is 0 Å². The highest BCUT2D eigenvalue weighted by molar-refractivity contribution is 4.85. The van der Waals surface area contributed by atoms with E-state index in [1.54, 1.807) is 0 Å². The van der Waals surface area contributed by atoms with Crippen molar-refractivity contribution < 1.29 is 0 Å². The average Bonchev–Trinajstić information content (AvgIpc) is 2.89. The summed E-state index contributed by atoms with van der Waals surface area (Å²) in [6.45, 7) is 16.5. The molecule has 1 heterocycles. The fourth-order valence-electron chi connectivity index (χ4n) is 3.21. The molecule has 0 aliphatic carbocycles. The monoisotopic (exact) mass is 269 g/mol. The molecular weight excluding hydrogens is 234 g/mol. The largest absolute Gasteiger partial charge is 0.317 e. The normalized spacial score (nSPS) is 22.3. The maximum atomic E-state index is 3.50. The Morgan fingerprint density at radius 3 is 2.58 bits per heavy atom. The predicted molar refractivity (Wildman–Crippen MR) is 84.8 cm³/mol. The van der Waals surface area contributed by atoms with Gasteiger partial charge in [-0.1, -0.05) is 20.8 Å². The molecule has 1 saturated heterocycles. The second kappa shape index (κ2) is 9.73. The Labute approximate surface area is 120 Å². The van der Waals surface area contributed by atoms with Crippen LogP contribution in [0.4, 0.5) is 0 Å². The van der Waals surface area contributed by atoms with Crippen molar-refractivity contribution in [1.82, 2.24) is 15.1 Å². The van der Waals surface area contributed by atoms with Gasteiger partial charge in [-0.25, -0.2) is 0 Å². The van der Waals surface area contributed by atoms with Gasteiger partial charge >= 0.3 is 0 Å². The number of rotatable bonds is 10. The second-order valence-corrected chi connectivity index (χ2v) is 5.90. The van der Waals surface area contributed by atoms with Gasteiger partial charge in [0, 0.05) is 25.2 Å². The minimum Gasteiger partial charge on any atom is -0.317 e. The minimum atomic E-state index is 0.754. The average molecular weight is 269 g/mol. The first-order chi connectivity index (χ1) is 9.22. The van der Waals surface area contributed by atoms with Crippen molar-refractivity contribution in [1.29, 1.82) is 0 Å². The lowest BCUT2D eigenvalue weighted by atomic mass is 10.1. The van der Waals surface area contributed by atoms with E-state index in [-0.39, 0.29) is 0 Å². The lowest BCUT2D eigenvalue weighted by molar-refractivity contribution is 0.188. The van der Waals surface area contributed by atoms with Crippen molar-refractivity contribution in [2.75, 3.05) is 39.3 Å². The maximum absolute atomic E-state index is 3.50. The van der Waals surface area contributed by atoms with Crippen molar-refractivity contribution >= 4 is 0 Å². The van der Waals surface area contributed by atoms with E-state index in [0.29, 0.717) is 0 Å². The van der Waals surface area contributed by atoms with Crippen molar-refractivity contribution in [3.8, 4) is 0 Å². The molecule has 2 unspecified atom stereocenters. The molecular formula is C16H35N3. The SMILES string of the molecule is CCCNCCCC(C)N1CCC(N(CC)CC)C1. The molecule has 2 atom stereocenters. The van der Waals surface area contributed by atoms with Crippen LogP contribution in [0.1, 0.15) is 53.4 Å². The van der Waals surface area contributed by atoms with Crippen LogP contribution in [-0.2, 0) is 0 Å². The fourth-order valence-corrected chi connectivity index (χ4v) is 3.21. The van der Waals surface area contributed by atoms with Crippen molar-refractivity contribution in [3.05, 3.63) is 0 Å². The second-order valence-electron chi connectivity index (χ2n) is 5.90. The van der Waals surface area contributed by atoms with Crippen LogP contribution in [0.2, 0.25) is 0 Å². The third kappa shape index (κ3) is 5.80. The summed E-state index contributed by atoms with van der Waals surface area (Å²) in [6.07, 6.45) is 5.25. The Morgan fingerprint density at radius 2 is 1.95 bits per heavy atom. The van der Waals surface area contributed by atoms with Gasteiger partial charge in [-0.3, -0.25) is 9.80 Å². The van der Waals surface area contributed by atoms with E-state index in [1.807, 2.05) is 0 Å². The Balaban J connectivity index is 2.18. The topological polar surface area (TPSA) is 18.5 Å². The summed E-state index contributed by atoms with van der Waals surface area (Å²) in [7, 11) is 0. The summed E-state index contributed by atoms with van der Waals surface area (Å²) in [6, 6.07) is 1.56. The molecule has 19 heavy (non-hydrogen) atoms. The van der Waals surface area contributed by atoms with Crippen molar-refractivity contribution in [2.24, 2.45) is 0 Å². The first-order valence-corrected chi connectivity index (χ1v) is 8.41. The van der Waals surface area contributed by atoms with Crippen LogP contribution in [-0.4, -0.2) is 61.2 Å². The number of nitrogens with one attached hydrogen (secondary N) is 1. The van der Waals surface area contributed by atoms with Crippen LogP contribution in [0.3, 0.4) is 0 Å². The molecule has 1 aliphatic rings. The van der Waals surface area contributed by atoms with E-state index < -0.39 is 0 Å². The highest BCUT2D eigenvalue weighted by atomic mass is 15.3. The summed E-state index contributed by atoms with van der Waals surface area (Å²) in [5.41, 5.74) is 0. The first-order valence-electron chi connectivity index (χ1n) is 8.41. The molecule has 0 aromatic carbocycles. The van der Waals surface area contributed by atoms with Gasteiger partial charge in [-0.15, -0.1) is 0 Å². The van der Waals surface area contributed by atoms with Crippen LogP contribution >= 0.6 is 0 Å². The van der Waals surface area contributed by atoms with E-state index in [2.05, 4.69) is 42.8 Å². The van der Waals surface area contributed by atoms with Crippen LogP contribution in [0, 0.1) is 0 Å². The summed E-state index contributed by atoms with van der Waals surface area (Å²) < 4.78 is 0. The van der Waals surface area contributed by atoms with Crippen molar-refractivity contribution in [2.45, 2.75) is 65.5 Å². The summed E-state index contributed by atoms with van der Waals surface area (Å²) in [5.74, 6) is 0. The molecule has 114 valence electrons. The molecule has 0 aromatic heterocycles. The number of hydrogen-bond acceptors (Lipinski definition) is 3. The van der Waals surface area contributed by atoms with E-state index >= 15 is 0 Å². The number of likely N-dealkylation sites (tertiary alicyclic amines) is 1. The molecule has 0 bridgehead atoms. The van der Waals surface area contributed by atoms with E-state index in [1.165, 1.54) is 65.0 Å². The van der Waals surface area contributed by atoms with Crippen LogP contribution in [0.15, 0.2) is 0 Å². The summed E-state index contributed by atoms with van der Waals surface area (Å²) in [5, 5.41) is 3.50. The lowest BCUT2D eigenvalue weighted by Gasteiger charge is -2.28. The molecule has 1 rings (SSSR count). The number of hydrogen-bond donors (Lipinski definition) is 1. The molecule has 1 fully saturated rings. The molecule has 3 heteroatoms. The lowest BCUT2D eigenvalue weighted by Crippen LogP contribution is -2.39. The molecule has 0 radical (unpaired) electrons. The molecule has 1 aliphatic heterocycles. The van der Waals surface area contributed by atoms with Gasteiger partial charge in [0.2, 0.25) is 0 Å². The maximum Gasteiger partial charge on any atom is 0.0235 e. The van der Waals surface area contributed by atoms with Gasteiger partial charge in [-0.2, -0.15) is 0 Å². The van der Waals surface area contributed by atoms with E-state index in [0.717, 1.165) is 12.1 Å². The summed E-state index contributed by atoms with van der Waals surface area (Å²) >= 11 is 0. The van der Waals surface area contributed by atoms with Crippen LogP contribution < -0.4 is 5.32 Å². The molecule has 0 saturated carbocycles. The summed E-state index contributed by atoms with van der Waals surface area (Å²) in [4.78, 5) is 5.32. The van der Waals surface area contributed by atoms with Gasteiger partial charge in [-0.05, 0) is 58.8 Å². The Hall–Kier alpha value is -0.120. The van der Waals surface area contributed by atoms with Gasteiger partial charge in [0.05, 0.1) is 0 Å². The first kappa shape index (κ1) is 16.9. The molecule has 3 nitrogen and oxygen atoms in total. The van der Waals surface area contributed by atoms with Gasteiger partial charge in [0.15, 0.2) is 0 Å². The Morgan fingerprint density at radius 1 is 1.21 bits per heavy atom. The minimum absolute atomic E-state index is 0.754.